The number of rotatable bonds is 6. The Morgan fingerprint density at radius 1 is 1.07 bits per heavy atom. The summed E-state index contributed by atoms with van der Waals surface area (Å²) in [6.07, 6.45) is -0.661. The number of ether oxygens (including phenoxy) is 3. The summed E-state index contributed by atoms with van der Waals surface area (Å²) in [6, 6.07) is 13.7. The van der Waals surface area contributed by atoms with E-state index in [1.54, 1.807) is 49.4 Å². The highest BCUT2D eigenvalue weighted by atomic mass is 16.6. The molecule has 3 aromatic rings. The van der Waals surface area contributed by atoms with Crippen molar-refractivity contribution in [3.8, 4) is 22.8 Å². The molecule has 2 N–H and O–H groups in total. The van der Waals surface area contributed by atoms with E-state index in [0.29, 0.717) is 22.7 Å². The van der Waals surface area contributed by atoms with Gasteiger partial charge in [-0.05, 0) is 37.3 Å². The maximum atomic E-state index is 12.1. The number of nitrogens with one attached hydrogen (secondary N) is 2. The van der Waals surface area contributed by atoms with E-state index in [1.807, 2.05) is 6.07 Å². The number of hydrogen-bond acceptors (Lipinski definition) is 7. The lowest BCUT2D eigenvalue weighted by Crippen LogP contribution is -2.17. The third-order valence-electron chi connectivity index (χ3n) is 3.68. The number of methoxy groups -OCH3 is 1. The third-order valence-corrected chi connectivity index (χ3v) is 3.68. The van der Waals surface area contributed by atoms with Crippen molar-refractivity contribution in [3.05, 3.63) is 54.2 Å². The maximum Gasteiger partial charge on any atom is 0.417 e. The van der Waals surface area contributed by atoms with Crippen LogP contribution in [0.4, 0.5) is 10.5 Å². The van der Waals surface area contributed by atoms with Gasteiger partial charge in [0.1, 0.15) is 5.69 Å². The van der Waals surface area contributed by atoms with Crippen molar-refractivity contribution >= 4 is 17.7 Å². The first kappa shape index (κ1) is 18.9. The second-order valence-electron chi connectivity index (χ2n) is 5.49. The number of aromatic nitrogens is 3. The second kappa shape index (κ2) is 8.67. The molecule has 0 radical (unpaired) electrons. The molecule has 0 aliphatic rings. The fourth-order valence-electron chi connectivity index (χ4n) is 2.44. The third kappa shape index (κ3) is 4.26. The molecule has 1 heterocycles. The fraction of sp³-hybridized carbons (Fsp3) is 0.158. The van der Waals surface area contributed by atoms with Crippen LogP contribution in [0.25, 0.3) is 11.3 Å². The molecule has 0 saturated carbocycles. The van der Waals surface area contributed by atoms with Gasteiger partial charge in [0.25, 0.3) is 0 Å². The summed E-state index contributed by atoms with van der Waals surface area (Å²) in [4.78, 5) is 24.1. The molecule has 28 heavy (non-hydrogen) atoms. The van der Waals surface area contributed by atoms with Crippen LogP contribution in [0.3, 0.4) is 0 Å². The lowest BCUT2D eigenvalue weighted by Gasteiger charge is -2.11. The van der Waals surface area contributed by atoms with Gasteiger partial charge in [-0.25, -0.2) is 9.59 Å². The van der Waals surface area contributed by atoms with Gasteiger partial charge in [-0.1, -0.05) is 18.2 Å². The molecule has 1 aromatic heterocycles. The first-order chi connectivity index (χ1) is 13.6. The van der Waals surface area contributed by atoms with Crippen molar-refractivity contribution in [2.75, 3.05) is 19.0 Å². The van der Waals surface area contributed by atoms with Gasteiger partial charge in [0.2, 0.25) is 0 Å². The molecule has 0 bridgehead atoms. The first-order valence-electron chi connectivity index (χ1n) is 8.42. The van der Waals surface area contributed by atoms with Gasteiger partial charge in [0.15, 0.2) is 17.2 Å². The lowest BCUT2D eigenvalue weighted by atomic mass is 10.1. The maximum absolute atomic E-state index is 12.1. The average molecular weight is 382 g/mol. The molecule has 3 rings (SSSR count). The molecule has 144 valence electrons. The van der Waals surface area contributed by atoms with Crippen LogP contribution >= 0.6 is 0 Å². The zero-order valence-electron chi connectivity index (χ0n) is 15.3. The largest absolute Gasteiger partial charge is 0.493 e. The summed E-state index contributed by atoms with van der Waals surface area (Å²) in [6.45, 7) is 1.92. The van der Waals surface area contributed by atoms with E-state index in [0.717, 1.165) is 0 Å². The number of aromatic amines is 1. The highest BCUT2D eigenvalue weighted by molar-refractivity contribution is 5.94. The molecule has 9 heteroatoms. The van der Waals surface area contributed by atoms with E-state index in [9.17, 15) is 9.59 Å². The monoisotopic (exact) mass is 382 g/mol. The van der Waals surface area contributed by atoms with E-state index in [-0.39, 0.29) is 18.1 Å². The molecule has 0 aliphatic heterocycles. The molecular weight excluding hydrogens is 364 g/mol. The van der Waals surface area contributed by atoms with Gasteiger partial charge in [-0.15, -0.1) is 5.10 Å². The summed E-state index contributed by atoms with van der Waals surface area (Å²) < 4.78 is 15.6. The van der Waals surface area contributed by atoms with Gasteiger partial charge in [0.05, 0.1) is 13.7 Å². The minimum absolute atomic E-state index is 0.0550. The summed E-state index contributed by atoms with van der Waals surface area (Å²) in [5, 5.41) is 12.9. The Morgan fingerprint density at radius 3 is 2.57 bits per heavy atom. The number of H-pyrrole nitrogens is 1. The van der Waals surface area contributed by atoms with Crippen LogP contribution in [0.1, 0.15) is 17.4 Å². The van der Waals surface area contributed by atoms with E-state index in [1.165, 1.54) is 7.11 Å². The van der Waals surface area contributed by atoms with Crippen molar-refractivity contribution in [1.82, 2.24) is 15.4 Å². The van der Waals surface area contributed by atoms with Crippen molar-refractivity contribution in [3.63, 3.8) is 0 Å². The first-order valence-corrected chi connectivity index (χ1v) is 8.42. The van der Waals surface area contributed by atoms with Gasteiger partial charge >= 0.3 is 12.1 Å². The van der Waals surface area contributed by atoms with E-state index >= 15 is 0 Å². The minimum atomic E-state index is -0.661. The van der Waals surface area contributed by atoms with Crippen LogP contribution in [0.15, 0.2) is 48.5 Å². The Kier molecular flexibility index (Phi) is 5.85. The Bertz CT molecular complexity index is 971. The minimum Gasteiger partial charge on any atom is -0.493 e. The predicted octanol–water partition coefficient (Wildman–Crippen LogP) is 3.27. The number of carbonyl (C=O) groups is 2. The highest BCUT2D eigenvalue weighted by Crippen LogP contribution is 2.33. The molecule has 0 aliphatic carbocycles. The van der Waals surface area contributed by atoms with E-state index < -0.39 is 12.1 Å². The number of nitrogens with zero attached hydrogens (tertiary/aromatic N) is 2. The molecule has 0 fully saturated rings. The van der Waals surface area contributed by atoms with Crippen molar-refractivity contribution in [2.45, 2.75) is 6.92 Å². The van der Waals surface area contributed by atoms with Crippen LogP contribution in [0, 0.1) is 0 Å². The van der Waals surface area contributed by atoms with Gasteiger partial charge in [-0.2, -0.15) is 10.3 Å². The molecule has 0 spiro atoms. The lowest BCUT2D eigenvalue weighted by molar-refractivity contribution is 0.0520. The smallest absolute Gasteiger partial charge is 0.417 e. The molecule has 0 atom stereocenters. The van der Waals surface area contributed by atoms with Crippen molar-refractivity contribution in [1.29, 1.82) is 0 Å². The molecule has 9 nitrogen and oxygen atoms in total. The zero-order chi connectivity index (χ0) is 19.9. The standard InChI is InChI=1S/C19H18N4O5/c1-3-27-18(24)17-16(21-23-22-17)12-9-10-14(15(11-12)26-2)28-19(25)20-13-7-5-4-6-8-13/h4-11H,3H2,1-2H3,(H,20,25)(H,21,22,23). The van der Waals surface area contributed by atoms with Crippen molar-refractivity contribution < 1.29 is 23.8 Å². The Hall–Kier alpha value is -3.88. The zero-order valence-corrected chi connectivity index (χ0v) is 15.3. The van der Waals surface area contributed by atoms with Gasteiger partial charge in [0, 0.05) is 11.3 Å². The number of benzene rings is 2. The molecule has 2 aromatic carbocycles. The van der Waals surface area contributed by atoms with Crippen LogP contribution in [0.2, 0.25) is 0 Å². The predicted molar refractivity (Wildman–Crippen MR) is 100 cm³/mol. The topological polar surface area (TPSA) is 115 Å². The number of anilines is 1. The van der Waals surface area contributed by atoms with Crippen LogP contribution in [-0.4, -0.2) is 41.2 Å². The Balaban J connectivity index is 1.80. The molecular formula is C19H18N4O5. The van der Waals surface area contributed by atoms with Crippen molar-refractivity contribution in [2.24, 2.45) is 0 Å². The fourth-order valence-corrected chi connectivity index (χ4v) is 2.44. The SMILES string of the molecule is CCOC(=O)c1n[nH]nc1-c1ccc(OC(=O)Nc2ccccc2)c(OC)c1. The van der Waals surface area contributed by atoms with Crippen LogP contribution in [0.5, 0.6) is 11.5 Å². The van der Waals surface area contributed by atoms with E-state index in [2.05, 4.69) is 20.7 Å². The number of esters is 1. The number of para-hydroxylation sites is 1. The second-order valence-corrected chi connectivity index (χ2v) is 5.49. The summed E-state index contributed by atoms with van der Waals surface area (Å²) >= 11 is 0. The quantitative estimate of drug-likeness (QED) is 0.629. The summed E-state index contributed by atoms with van der Waals surface area (Å²) in [7, 11) is 1.44. The number of hydrogen-bond donors (Lipinski definition) is 2. The average Bonchev–Trinajstić information content (AvgIpc) is 3.19. The Morgan fingerprint density at radius 2 is 1.86 bits per heavy atom. The normalized spacial score (nSPS) is 10.2. The molecule has 0 unspecified atom stereocenters. The summed E-state index contributed by atoms with van der Waals surface area (Å²) in [5.41, 5.74) is 1.51. The summed E-state index contributed by atoms with van der Waals surface area (Å²) in [5.74, 6) is -0.0906. The van der Waals surface area contributed by atoms with E-state index in [4.69, 9.17) is 14.2 Å². The van der Waals surface area contributed by atoms with Gasteiger partial charge in [-0.3, -0.25) is 5.32 Å². The highest BCUT2D eigenvalue weighted by Gasteiger charge is 2.21. The Labute approximate surface area is 160 Å². The number of amides is 1. The molecule has 1 amide bonds. The van der Waals surface area contributed by atoms with Crippen LogP contribution in [-0.2, 0) is 4.74 Å². The number of carbonyl (C=O) groups excluding carboxylic acids is 2. The van der Waals surface area contributed by atoms with Gasteiger partial charge < -0.3 is 14.2 Å². The molecule has 0 saturated heterocycles. The van der Waals surface area contributed by atoms with Crippen LogP contribution < -0.4 is 14.8 Å².